The lowest BCUT2D eigenvalue weighted by Gasteiger charge is -2.09. The number of carbonyl (C=O) groups is 1. The Hall–Kier alpha value is -2.43. The van der Waals surface area contributed by atoms with Crippen LogP contribution in [0.4, 0.5) is 4.39 Å². The minimum absolute atomic E-state index is 0.0697. The third-order valence-electron chi connectivity index (χ3n) is 2.69. The van der Waals surface area contributed by atoms with Crippen molar-refractivity contribution in [3.05, 3.63) is 59.2 Å². The number of halogens is 1. The van der Waals surface area contributed by atoms with Crippen LogP contribution in [0.2, 0.25) is 0 Å². The van der Waals surface area contributed by atoms with Crippen LogP contribution in [0.25, 0.3) is 0 Å². The van der Waals surface area contributed by atoms with Gasteiger partial charge in [-0.15, -0.1) is 0 Å². The number of ether oxygens (including phenoxy) is 1. The summed E-state index contributed by atoms with van der Waals surface area (Å²) in [5, 5.41) is 8.86. The van der Waals surface area contributed by atoms with Gasteiger partial charge < -0.3 is 9.84 Å². The lowest BCUT2D eigenvalue weighted by Crippen LogP contribution is -2.03. The number of nitrogens with zero attached hydrogens (tertiary/aromatic N) is 1. The second kappa shape index (κ2) is 5.48. The van der Waals surface area contributed by atoms with Gasteiger partial charge in [0.2, 0.25) is 0 Å². The summed E-state index contributed by atoms with van der Waals surface area (Å²) in [6.45, 7) is 0. The number of rotatable bonds is 4. The topological polar surface area (TPSA) is 59.4 Å². The zero-order valence-electron chi connectivity index (χ0n) is 10.3. The highest BCUT2D eigenvalue weighted by Gasteiger charge is 2.11. The van der Waals surface area contributed by atoms with E-state index in [9.17, 15) is 9.18 Å². The maximum absolute atomic E-state index is 12.8. The summed E-state index contributed by atoms with van der Waals surface area (Å²) in [4.78, 5) is 14.7. The molecular formula is C14H12FNO3. The first kappa shape index (κ1) is 13.0. The molecule has 1 N–H and O–H groups in total. The first-order chi connectivity index (χ1) is 9.10. The highest BCUT2D eigenvalue weighted by atomic mass is 19.1. The molecular weight excluding hydrogens is 249 g/mol. The van der Waals surface area contributed by atoms with Gasteiger partial charge >= 0.3 is 5.97 Å². The maximum atomic E-state index is 12.8. The van der Waals surface area contributed by atoms with Gasteiger partial charge in [0.15, 0.2) is 5.69 Å². The molecule has 0 amide bonds. The molecule has 0 aliphatic carbocycles. The summed E-state index contributed by atoms with van der Waals surface area (Å²) in [5.74, 6) is -0.946. The SMILES string of the molecule is COc1cc(C(=O)O)ncc1Cc1ccc(F)cc1. The maximum Gasteiger partial charge on any atom is 0.354 e. The molecule has 2 aromatic rings. The Morgan fingerprint density at radius 1 is 1.37 bits per heavy atom. The van der Waals surface area contributed by atoms with Crippen molar-refractivity contribution >= 4 is 5.97 Å². The van der Waals surface area contributed by atoms with E-state index in [1.165, 1.54) is 31.5 Å². The lowest BCUT2D eigenvalue weighted by molar-refractivity contribution is 0.0690. The largest absolute Gasteiger partial charge is 0.496 e. The normalized spacial score (nSPS) is 10.2. The summed E-state index contributed by atoms with van der Waals surface area (Å²) in [7, 11) is 1.47. The average molecular weight is 261 g/mol. The summed E-state index contributed by atoms with van der Waals surface area (Å²) in [6.07, 6.45) is 1.96. The second-order valence-corrected chi connectivity index (χ2v) is 3.99. The number of hydrogen-bond donors (Lipinski definition) is 1. The fourth-order valence-corrected chi connectivity index (χ4v) is 1.73. The van der Waals surface area contributed by atoms with Crippen LogP contribution < -0.4 is 4.74 Å². The summed E-state index contributed by atoms with van der Waals surface area (Å²) >= 11 is 0. The van der Waals surface area contributed by atoms with Gasteiger partial charge in [-0.3, -0.25) is 0 Å². The third kappa shape index (κ3) is 3.07. The van der Waals surface area contributed by atoms with E-state index in [1.807, 2.05) is 0 Å². The van der Waals surface area contributed by atoms with Crippen molar-refractivity contribution in [3.8, 4) is 5.75 Å². The molecule has 0 radical (unpaired) electrons. The Labute approximate surface area is 109 Å². The fraction of sp³-hybridized carbons (Fsp3) is 0.143. The number of carboxylic acid groups (broad SMARTS) is 1. The zero-order valence-corrected chi connectivity index (χ0v) is 10.3. The van der Waals surface area contributed by atoms with E-state index in [-0.39, 0.29) is 11.5 Å². The Kier molecular flexibility index (Phi) is 3.75. The number of methoxy groups -OCH3 is 1. The standard InChI is InChI=1S/C14H12FNO3/c1-19-13-7-12(14(17)18)16-8-10(13)6-9-2-4-11(15)5-3-9/h2-5,7-8H,6H2,1H3,(H,17,18). The van der Waals surface area contributed by atoms with Gasteiger partial charge in [0.1, 0.15) is 11.6 Å². The number of benzene rings is 1. The van der Waals surface area contributed by atoms with Crippen LogP contribution in [0, 0.1) is 5.82 Å². The Bertz CT molecular complexity index is 596. The van der Waals surface area contributed by atoms with Crippen LogP contribution in [-0.4, -0.2) is 23.2 Å². The molecule has 0 fully saturated rings. The summed E-state index contributed by atoms with van der Waals surface area (Å²) in [5.41, 5.74) is 1.57. The van der Waals surface area contributed by atoms with Crippen LogP contribution >= 0.6 is 0 Å². The van der Waals surface area contributed by atoms with Crippen molar-refractivity contribution in [2.45, 2.75) is 6.42 Å². The van der Waals surface area contributed by atoms with Crippen molar-refractivity contribution in [2.24, 2.45) is 0 Å². The molecule has 0 saturated heterocycles. The van der Waals surface area contributed by atoms with E-state index in [4.69, 9.17) is 9.84 Å². The van der Waals surface area contributed by atoms with Crippen molar-refractivity contribution in [1.82, 2.24) is 4.98 Å². The molecule has 98 valence electrons. The predicted molar refractivity (Wildman–Crippen MR) is 67.0 cm³/mol. The minimum atomic E-state index is -1.10. The van der Waals surface area contributed by atoms with Gasteiger partial charge in [-0.2, -0.15) is 0 Å². The van der Waals surface area contributed by atoms with Gasteiger partial charge in [0.05, 0.1) is 7.11 Å². The average Bonchev–Trinajstić information content (AvgIpc) is 2.41. The predicted octanol–water partition coefficient (Wildman–Crippen LogP) is 2.52. The van der Waals surface area contributed by atoms with Gasteiger partial charge in [-0.25, -0.2) is 14.2 Å². The molecule has 0 aliphatic rings. The van der Waals surface area contributed by atoms with E-state index >= 15 is 0 Å². The van der Waals surface area contributed by atoms with Crippen LogP contribution in [-0.2, 0) is 6.42 Å². The smallest absolute Gasteiger partial charge is 0.354 e. The van der Waals surface area contributed by atoms with Crippen molar-refractivity contribution in [1.29, 1.82) is 0 Å². The minimum Gasteiger partial charge on any atom is -0.496 e. The van der Waals surface area contributed by atoms with Crippen LogP contribution in [0.1, 0.15) is 21.6 Å². The van der Waals surface area contributed by atoms with E-state index in [2.05, 4.69) is 4.98 Å². The van der Waals surface area contributed by atoms with Gasteiger partial charge in [0.25, 0.3) is 0 Å². The molecule has 5 heteroatoms. The van der Waals surface area contributed by atoms with Crippen LogP contribution in [0.15, 0.2) is 36.5 Å². The Morgan fingerprint density at radius 3 is 2.63 bits per heavy atom. The van der Waals surface area contributed by atoms with Gasteiger partial charge in [-0.05, 0) is 17.7 Å². The molecule has 4 nitrogen and oxygen atoms in total. The molecule has 0 atom stereocenters. The molecule has 0 aliphatic heterocycles. The summed E-state index contributed by atoms with van der Waals surface area (Å²) in [6, 6.07) is 7.46. The molecule has 19 heavy (non-hydrogen) atoms. The molecule has 0 spiro atoms. The Morgan fingerprint density at radius 2 is 2.05 bits per heavy atom. The number of aromatic nitrogens is 1. The molecule has 2 rings (SSSR count). The Balaban J connectivity index is 2.29. The number of carboxylic acids is 1. The molecule has 0 unspecified atom stereocenters. The molecule has 1 aromatic carbocycles. The second-order valence-electron chi connectivity index (χ2n) is 3.99. The van der Waals surface area contributed by atoms with Gasteiger partial charge in [0, 0.05) is 24.2 Å². The van der Waals surface area contributed by atoms with Gasteiger partial charge in [-0.1, -0.05) is 12.1 Å². The van der Waals surface area contributed by atoms with E-state index in [1.54, 1.807) is 12.1 Å². The lowest BCUT2D eigenvalue weighted by atomic mass is 10.1. The monoisotopic (exact) mass is 261 g/mol. The fourth-order valence-electron chi connectivity index (χ4n) is 1.73. The molecule has 0 bridgehead atoms. The van der Waals surface area contributed by atoms with E-state index in [0.717, 1.165) is 11.1 Å². The van der Waals surface area contributed by atoms with E-state index < -0.39 is 5.97 Å². The van der Waals surface area contributed by atoms with Crippen molar-refractivity contribution < 1.29 is 19.0 Å². The van der Waals surface area contributed by atoms with Crippen LogP contribution in [0.3, 0.4) is 0 Å². The summed E-state index contributed by atoms with van der Waals surface area (Å²) < 4.78 is 18.0. The molecule has 0 saturated carbocycles. The third-order valence-corrected chi connectivity index (χ3v) is 2.69. The number of hydrogen-bond acceptors (Lipinski definition) is 3. The molecule has 1 heterocycles. The highest BCUT2D eigenvalue weighted by molar-refractivity contribution is 5.85. The van der Waals surface area contributed by atoms with Crippen molar-refractivity contribution in [3.63, 3.8) is 0 Å². The quantitative estimate of drug-likeness (QED) is 0.918. The number of pyridine rings is 1. The van der Waals surface area contributed by atoms with Crippen LogP contribution in [0.5, 0.6) is 5.75 Å². The molecule has 1 aromatic heterocycles. The van der Waals surface area contributed by atoms with E-state index in [0.29, 0.717) is 12.2 Å². The van der Waals surface area contributed by atoms with Crippen molar-refractivity contribution in [2.75, 3.05) is 7.11 Å². The first-order valence-corrected chi connectivity index (χ1v) is 5.61. The zero-order chi connectivity index (χ0) is 13.8. The first-order valence-electron chi connectivity index (χ1n) is 5.61. The highest BCUT2D eigenvalue weighted by Crippen LogP contribution is 2.21. The number of aromatic carboxylic acids is 1.